The molecule has 0 unspecified atom stereocenters. The Morgan fingerprint density at radius 3 is 2.63 bits per heavy atom. The van der Waals surface area contributed by atoms with E-state index < -0.39 is 4.92 Å². The molecule has 0 radical (unpaired) electrons. The molecule has 0 aromatic heterocycles. The molecule has 1 aliphatic rings. The number of Topliss-reactive ketones (excluding diaryl/α,β-unsaturated/α-hetero) is 1. The molecule has 0 amide bonds. The van der Waals surface area contributed by atoms with Gasteiger partial charge in [0.2, 0.25) is 0 Å². The first-order valence-corrected chi connectivity index (χ1v) is 9.39. The van der Waals surface area contributed by atoms with Crippen LogP contribution in [0.1, 0.15) is 16.8 Å². The van der Waals surface area contributed by atoms with Crippen molar-refractivity contribution in [3.8, 4) is 0 Å². The van der Waals surface area contributed by atoms with Crippen molar-refractivity contribution in [1.29, 1.82) is 0 Å². The second-order valence-electron chi connectivity index (χ2n) is 5.66. The highest BCUT2D eigenvalue weighted by molar-refractivity contribution is 8.93. The molecule has 142 valence electrons. The zero-order chi connectivity index (χ0) is 18.5. The van der Waals surface area contributed by atoms with Crippen LogP contribution in [0.25, 0.3) is 0 Å². The topological polar surface area (TPSA) is 75.8 Å². The third kappa shape index (κ3) is 5.54. The van der Waals surface area contributed by atoms with Crippen molar-refractivity contribution in [2.24, 2.45) is 4.99 Å². The molecule has 2 aromatic carbocycles. The number of amidine groups is 1. The molecule has 0 atom stereocenters. The number of non-ortho nitro benzene ring substituents is 1. The van der Waals surface area contributed by atoms with Crippen molar-refractivity contribution in [3.05, 3.63) is 69.2 Å². The summed E-state index contributed by atoms with van der Waals surface area (Å²) in [4.78, 5) is 29.6. The number of hydrogen-bond donors (Lipinski definition) is 0. The van der Waals surface area contributed by atoms with E-state index in [9.17, 15) is 14.9 Å². The van der Waals surface area contributed by atoms with E-state index in [1.54, 1.807) is 53.1 Å². The first kappa shape index (κ1) is 21.4. The fraction of sp³-hybridized carbons (Fsp3) is 0.222. The van der Waals surface area contributed by atoms with Crippen LogP contribution in [-0.4, -0.2) is 34.7 Å². The zero-order valence-electron chi connectivity index (χ0n) is 14.2. The number of nitrogens with zero attached hydrogens (tertiary/aromatic N) is 3. The molecule has 1 heterocycles. The lowest BCUT2D eigenvalue weighted by Gasteiger charge is -2.27. The number of nitro groups is 1. The number of hydrogen-bond acceptors (Lipinski definition) is 6. The quantitative estimate of drug-likeness (QED) is 0.349. The lowest BCUT2D eigenvalue weighted by molar-refractivity contribution is -0.384. The third-order valence-electron chi connectivity index (χ3n) is 3.83. The van der Waals surface area contributed by atoms with Gasteiger partial charge in [-0.25, -0.2) is 0 Å². The van der Waals surface area contributed by atoms with Gasteiger partial charge < -0.3 is 4.90 Å². The summed E-state index contributed by atoms with van der Waals surface area (Å²) >= 11 is 7.43. The van der Waals surface area contributed by atoms with Crippen molar-refractivity contribution in [2.45, 2.75) is 6.42 Å². The van der Waals surface area contributed by atoms with Crippen molar-refractivity contribution >= 4 is 62.7 Å². The Kier molecular flexibility index (Phi) is 7.82. The summed E-state index contributed by atoms with van der Waals surface area (Å²) in [5.74, 6) is 0.793. The maximum absolute atomic E-state index is 12.7. The van der Waals surface area contributed by atoms with Gasteiger partial charge in [0.15, 0.2) is 11.0 Å². The number of carbonyl (C=O) groups is 1. The van der Waals surface area contributed by atoms with Gasteiger partial charge in [0, 0.05) is 35.0 Å². The Labute approximate surface area is 176 Å². The summed E-state index contributed by atoms with van der Waals surface area (Å²) in [5.41, 5.74) is 1.09. The smallest absolute Gasteiger partial charge is 0.271 e. The van der Waals surface area contributed by atoms with Crippen molar-refractivity contribution in [2.75, 3.05) is 23.7 Å². The molecular formula is C18H17BrClN3O3S. The summed E-state index contributed by atoms with van der Waals surface area (Å²) in [6.45, 7) is 0.734. The van der Waals surface area contributed by atoms with Crippen molar-refractivity contribution < 1.29 is 9.72 Å². The maximum Gasteiger partial charge on any atom is 0.271 e. The van der Waals surface area contributed by atoms with Crippen molar-refractivity contribution in [3.63, 3.8) is 0 Å². The number of nitro benzene ring substituents is 1. The monoisotopic (exact) mass is 469 g/mol. The number of anilines is 1. The summed E-state index contributed by atoms with van der Waals surface area (Å²) in [7, 11) is 0. The van der Waals surface area contributed by atoms with Gasteiger partial charge in [-0.3, -0.25) is 19.9 Å². The molecule has 9 heteroatoms. The molecule has 0 saturated carbocycles. The number of aliphatic imine (C=N–C) groups is 1. The molecule has 27 heavy (non-hydrogen) atoms. The fourth-order valence-electron chi connectivity index (χ4n) is 2.53. The molecule has 0 bridgehead atoms. The number of rotatable bonds is 5. The lowest BCUT2D eigenvalue weighted by atomic mass is 10.1. The van der Waals surface area contributed by atoms with E-state index >= 15 is 0 Å². The summed E-state index contributed by atoms with van der Waals surface area (Å²) in [6, 6.07) is 12.9. The average molecular weight is 471 g/mol. The number of ketones is 1. The fourth-order valence-corrected chi connectivity index (χ4v) is 3.62. The van der Waals surface area contributed by atoms with Crippen LogP contribution in [0.2, 0.25) is 5.02 Å². The minimum absolute atomic E-state index is 0. The molecule has 6 nitrogen and oxygen atoms in total. The Morgan fingerprint density at radius 2 is 2.00 bits per heavy atom. The van der Waals surface area contributed by atoms with Gasteiger partial charge in [-0.05, 0) is 36.8 Å². The zero-order valence-corrected chi connectivity index (χ0v) is 17.5. The van der Waals surface area contributed by atoms with Crippen LogP contribution in [0, 0.1) is 10.1 Å². The van der Waals surface area contributed by atoms with Gasteiger partial charge in [0.05, 0.1) is 17.2 Å². The molecule has 0 spiro atoms. The molecule has 1 aliphatic heterocycles. The molecule has 0 N–H and O–H groups in total. The minimum atomic E-state index is -0.446. The number of thioether (sulfide) groups is 1. The van der Waals surface area contributed by atoms with Gasteiger partial charge in [-0.2, -0.15) is 0 Å². The van der Waals surface area contributed by atoms with Crippen LogP contribution in [0.3, 0.4) is 0 Å². The van der Waals surface area contributed by atoms with Gasteiger partial charge >= 0.3 is 0 Å². The summed E-state index contributed by atoms with van der Waals surface area (Å²) < 4.78 is 0. The van der Waals surface area contributed by atoms with E-state index in [-0.39, 0.29) is 35.0 Å². The highest BCUT2D eigenvalue weighted by Crippen LogP contribution is 2.26. The van der Waals surface area contributed by atoms with Crippen LogP contribution < -0.4 is 4.90 Å². The largest absolute Gasteiger partial charge is 0.313 e. The Morgan fingerprint density at radius 1 is 1.26 bits per heavy atom. The second kappa shape index (κ2) is 9.87. The first-order chi connectivity index (χ1) is 12.5. The Hall–Kier alpha value is -1.90. The average Bonchev–Trinajstić information content (AvgIpc) is 2.67. The predicted molar refractivity (Wildman–Crippen MR) is 116 cm³/mol. The predicted octanol–water partition coefficient (Wildman–Crippen LogP) is 5.01. The third-order valence-corrected chi connectivity index (χ3v) is 5.18. The Bertz CT molecular complexity index is 861. The molecular weight excluding hydrogens is 454 g/mol. The molecule has 0 aliphatic carbocycles. The first-order valence-electron chi connectivity index (χ1n) is 8.02. The summed E-state index contributed by atoms with van der Waals surface area (Å²) in [6.07, 6.45) is 0.974. The van der Waals surface area contributed by atoms with Crippen LogP contribution >= 0.6 is 40.3 Å². The van der Waals surface area contributed by atoms with E-state index in [2.05, 4.69) is 4.99 Å². The van der Waals surface area contributed by atoms with E-state index in [0.29, 0.717) is 28.0 Å². The number of benzene rings is 2. The van der Waals surface area contributed by atoms with E-state index in [1.807, 2.05) is 0 Å². The highest BCUT2D eigenvalue weighted by Gasteiger charge is 2.22. The van der Waals surface area contributed by atoms with Gasteiger partial charge in [0.1, 0.15) is 0 Å². The van der Waals surface area contributed by atoms with Crippen LogP contribution in [0.4, 0.5) is 11.4 Å². The minimum Gasteiger partial charge on any atom is -0.313 e. The van der Waals surface area contributed by atoms with E-state index in [0.717, 1.165) is 12.2 Å². The second-order valence-corrected chi connectivity index (χ2v) is 7.16. The molecule has 0 saturated heterocycles. The van der Waals surface area contributed by atoms with Gasteiger partial charge in [0.25, 0.3) is 5.69 Å². The summed E-state index contributed by atoms with van der Waals surface area (Å²) in [5, 5.41) is 12.4. The Balaban J connectivity index is 0.00000261. The highest BCUT2D eigenvalue weighted by atomic mass is 79.9. The van der Waals surface area contributed by atoms with Crippen LogP contribution in [0.15, 0.2) is 53.5 Å². The lowest BCUT2D eigenvalue weighted by Crippen LogP contribution is -2.35. The normalized spacial score (nSPS) is 13.3. The number of halogens is 2. The SMILES string of the molecule is Br.O=C(CN(C1=NCCCS1)c1cccc([N+](=O)[O-])c1)c1ccc(Cl)cc1. The standard InChI is InChI=1S/C18H16ClN3O3S.BrH/c19-14-7-5-13(6-8-14)17(23)12-21(18-20-9-2-10-26-18)15-3-1-4-16(11-15)22(24)25;/h1,3-8,11H,2,9-10,12H2;1H. The van der Waals surface area contributed by atoms with Gasteiger partial charge in [-0.15, -0.1) is 17.0 Å². The molecule has 3 rings (SSSR count). The van der Waals surface area contributed by atoms with Crippen molar-refractivity contribution in [1.82, 2.24) is 0 Å². The van der Waals surface area contributed by atoms with Crippen LogP contribution in [-0.2, 0) is 0 Å². The number of carbonyl (C=O) groups excluding carboxylic acids is 1. The maximum atomic E-state index is 12.7. The van der Waals surface area contributed by atoms with E-state index in [4.69, 9.17) is 11.6 Å². The molecule has 2 aromatic rings. The molecule has 0 fully saturated rings. The van der Waals surface area contributed by atoms with Gasteiger partial charge in [-0.1, -0.05) is 29.4 Å². The van der Waals surface area contributed by atoms with Crippen LogP contribution in [0.5, 0.6) is 0 Å². The van der Waals surface area contributed by atoms with E-state index in [1.165, 1.54) is 12.1 Å².